The lowest BCUT2D eigenvalue weighted by atomic mass is 9.83. The van der Waals surface area contributed by atoms with Crippen LogP contribution in [0.3, 0.4) is 0 Å². The van der Waals surface area contributed by atoms with Crippen LogP contribution in [0.5, 0.6) is 0 Å². The Hall–Kier alpha value is -2.34. The number of nitrogens with zero attached hydrogens (tertiary/aromatic N) is 2. The number of likely N-dealkylation sites (tertiary alicyclic amines) is 1. The van der Waals surface area contributed by atoms with E-state index < -0.39 is 11.6 Å². The van der Waals surface area contributed by atoms with Crippen molar-refractivity contribution in [3.63, 3.8) is 0 Å². The minimum absolute atomic E-state index is 0.128. The van der Waals surface area contributed by atoms with Gasteiger partial charge in [0.15, 0.2) is 11.6 Å². The number of nitrogens with one attached hydrogen (secondary N) is 1. The van der Waals surface area contributed by atoms with E-state index in [1.54, 1.807) is 12.3 Å². The Morgan fingerprint density at radius 1 is 1.14 bits per heavy atom. The first-order valence-electron chi connectivity index (χ1n) is 10.5. The van der Waals surface area contributed by atoms with Gasteiger partial charge in [-0.15, -0.1) is 0 Å². The van der Waals surface area contributed by atoms with Gasteiger partial charge in [-0.05, 0) is 68.0 Å². The SMILES string of the molecule is O=C(N[C@H](c1ccccn1)[C@@H]1CCCN(Cc2ccc(F)c(F)c2)C1)C1CCC1. The van der Waals surface area contributed by atoms with Crippen molar-refractivity contribution >= 4 is 5.91 Å². The summed E-state index contributed by atoms with van der Waals surface area (Å²) in [5.41, 5.74) is 1.65. The van der Waals surface area contributed by atoms with Gasteiger partial charge >= 0.3 is 0 Å². The highest BCUT2D eigenvalue weighted by Crippen LogP contribution is 2.32. The van der Waals surface area contributed by atoms with Gasteiger partial charge in [-0.1, -0.05) is 18.6 Å². The van der Waals surface area contributed by atoms with Crippen LogP contribution in [0.4, 0.5) is 8.78 Å². The van der Waals surface area contributed by atoms with Crippen LogP contribution in [0.2, 0.25) is 0 Å². The highest BCUT2D eigenvalue weighted by molar-refractivity contribution is 5.79. The van der Waals surface area contributed by atoms with Crippen LogP contribution in [0.1, 0.15) is 49.4 Å². The van der Waals surface area contributed by atoms with E-state index in [2.05, 4.69) is 15.2 Å². The molecule has 29 heavy (non-hydrogen) atoms. The van der Waals surface area contributed by atoms with Crippen molar-refractivity contribution < 1.29 is 13.6 Å². The summed E-state index contributed by atoms with van der Waals surface area (Å²) < 4.78 is 26.8. The number of aromatic nitrogens is 1. The van der Waals surface area contributed by atoms with Crippen LogP contribution in [0, 0.1) is 23.5 Å². The molecule has 1 aliphatic carbocycles. The summed E-state index contributed by atoms with van der Waals surface area (Å²) in [6, 6.07) is 9.76. The predicted molar refractivity (Wildman–Crippen MR) is 107 cm³/mol. The van der Waals surface area contributed by atoms with Gasteiger partial charge in [0.1, 0.15) is 0 Å². The molecule has 1 aliphatic heterocycles. The Morgan fingerprint density at radius 3 is 2.69 bits per heavy atom. The number of rotatable bonds is 6. The predicted octanol–water partition coefficient (Wildman–Crippen LogP) is 4.23. The van der Waals surface area contributed by atoms with Crippen molar-refractivity contribution in [2.45, 2.75) is 44.7 Å². The van der Waals surface area contributed by atoms with E-state index in [0.29, 0.717) is 6.54 Å². The number of hydrogen-bond donors (Lipinski definition) is 1. The van der Waals surface area contributed by atoms with Crippen LogP contribution < -0.4 is 5.32 Å². The standard InChI is InChI=1S/C23H27F2N3O/c24-19-10-9-16(13-20(19)25)14-28-12-4-7-18(15-28)22(21-8-1-2-11-26-21)27-23(29)17-5-3-6-17/h1-2,8-11,13,17-18,22H,3-7,12,14-15H2,(H,27,29)/t18-,22+/m1/s1. The van der Waals surface area contributed by atoms with Crippen molar-refractivity contribution in [1.29, 1.82) is 0 Å². The molecule has 2 aliphatic rings. The Kier molecular flexibility index (Phi) is 6.19. The summed E-state index contributed by atoms with van der Waals surface area (Å²) in [5.74, 6) is -1.14. The van der Waals surface area contributed by atoms with Crippen molar-refractivity contribution in [1.82, 2.24) is 15.2 Å². The van der Waals surface area contributed by atoms with Gasteiger partial charge in [0.25, 0.3) is 0 Å². The lowest BCUT2D eigenvalue weighted by Gasteiger charge is -2.38. The zero-order valence-electron chi connectivity index (χ0n) is 16.5. The molecule has 4 nitrogen and oxygen atoms in total. The number of halogens is 2. The molecule has 0 bridgehead atoms. The third-order valence-corrected chi connectivity index (χ3v) is 6.18. The van der Waals surface area contributed by atoms with E-state index in [1.807, 2.05) is 18.2 Å². The summed E-state index contributed by atoms with van der Waals surface area (Å²) >= 11 is 0. The highest BCUT2D eigenvalue weighted by atomic mass is 19.2. The third-order valence-electron chi connectivity index (χ3n) is 6.18. The zero-order valence-corrected chi connectivity index (χ0v) is 16.5. The largest absolute Gasteiger partial charge is 0.347 e. The molecule has 2 fully saturated rings. The first-order chi connectivity index (χ1) is 14.1. The maximum Gasteiger partial charge on any atom is 0.223 e. The molecular weight excluding hydrogens is 372 g/mol. The third kappa shape index (κ3) is 4.81. The molecule has 1 saturated heterocycles. The van der Waals surface area contributed by atoms with Crippen LogP contribution in [0.15, 0.2) is 42.6 Å². The molecule has 1 aromatic heterocycles. The normalized spacial score (nSPS) is 21.4. The van der Waals surface area contributed by atoms with Crippen LogP contribution in [-0.2, 0) is 11.3 Å². The van der Waals surface area contributed by atoms with Gasteiger partial charge in [0, 0.05) is 25.2 Å². The molecule has 1 saturated carbocycles. The number of carbonyl (C=O) groups is 1. The van der Waals surface area contributed by atoms with E-state index in [0.717, 1.165) is 56.5 Å². The highest BCUT2D eigenvalue weighted by Gasteiger charge is 2.33. The van der Waals surface area contributed by atoms with E-state index in [9.17, 15) is 13.6 Å². The molecule has 0 unspecified atom stereocenters. The maximum absolute atomic E-state index is 13.6. The molecule has 0 radical (unpaired) electrons. The summed E-state index contributed by atoms with van der Waals surface area (Å²) in [7, 11) is 0. The summed E-state index contributed by atoms with van der Waals surface area (Å²) in [6.07, 6.45) is 6.82. The molecule has 154 valence electrons. The van der Waals surface area contributed by atoms with Gasteiger partial charge in [0.05, 0.1) is 11.7 Å². The fraction of sp³-hybridized carbons (Fsp3) is 0.478. The molecule has 2 heterocycles. The Balaban J connectivity index is 1.47. The molecule has 1 N–H and O–H groups in total. The van der Waals surface area contributed by atoms with Crippen molar-refractivity contribution in [3.05, 3.63) is 65.5 Å². The number of amides is 1. The second-order valence-electron chi connectivity index (χ2n) is 8.25. The van der Waals surface area contributed by atoms with Crippen molar-refractivity contribution in [3.8, 4) is 0 Å². The zero-order chi connectivity index (χ0) is 20.2. The molecule has 2 aromatic rings. The molecular formula is C23H27F2N3O. The second-order valence-corrected chi connectivity index (χ2v) is 8.25. The lowest BCUT2D eigenvalue weighted by Crippen LogP contribution is -2.45. The molecule has 6 heteroatoms. The van der Waals surface area contributed by atoms with Crippen molar-refractivity contribution in [2.75, 3.05) is 13.1 Å². The average molecular weight is 399 g/mol. The quantitative estimate of drug-likeness (QED) is 0.791. The second kappa shape index (κ2) is 8.99. The molecule has 1 aromatic carbocycles. The van der Waals surface area contributed by atoms with Crippen LogP contribution >= 0.6 is 0 Å². The molecule has 0 spiro atoms. The number of hydrogen-bond acceptors (Lipinski definition) is 3. The van der Waals surface area contributed by atoms with Crippen molar-refractivity contribution in [2.24, 2.45) is 11.8 Å². The lowest BCUT2D eigenvalue weighted by molar-refractivity contribution is -0.128. The van der Waals surface area contributed by atoms with E-state index >= 15 is 0 Å². The maximum atomic E-state index is 13.6. The Labute approximate surface area is 170 Å². The summed E-state index contributed by atoms with van der Waals surface area (Å²) in [5, 5.41) is 3.27. The minimum atomic E-state index is -0.820. The average Bonchev–Trinajstić information content (AvgIpc) is 2.68. The molecule has 2 atom stereocenters. The Bertz CT molecular complexity index is 841. The van der Waals surface area contributed by atoms with Gasteiger partial charge in [-0.2, -0.15) is 0 Å². The van der Waals surface area contributed by atoms with Gasteiger partial charge in [-0.25, -0.2) is 8.78 Å². The van der Waals surface area contributed by atoms with E-state index in [4.69, 9.17) is 0 Å². The molecule has 1 amide bonds. The monoisotopic (exact) mass is 399 g/mol. The van der Waals surface area contributed by atoms with E-state index in [-0.39, 0.29) is 23.8 Å². The smallest absolute Gasteiger partial charge is 0.223 e. The first-order valence-corrected chi connectivity index (χ1v) is 10.5. The first kappa shape index (κ1) is 20.0. The number of benzene rings is 1. The van der Waals surface area contributed by atoms with Gasteiger partial charge in [0.2, 0.25) is 5.91 Å². The van der Waals surface area contributed by atoms with Crippen LogP contribution in [-0.4, -0.2) is 28.9 Å². The Morgan fingerprint density at radius 2 is 2.00 bits per heavy atom. The van der Waals surface area contributed by atoms with E-state index in [1.165, 1.54) is 12.1 Å². The topological polar surface area (TPSA) is 45.2 Å². The van der Waals surface area contributed by atoms with Gasteiger partial charge in [-0.3, -0.25) is 14.7 Å². The van der Waals surface area contributed by atoms with Gasteiger partial charge < -0.3 is 5.32 Å². The fourth-order valence-electron chi connectivity index (χ4n) is 4.34. The molecule has 4 rings (SSSR count). The minimum Gasteiger partial charge on any atom is -0.347 e. The number of carbonyl (C=O) groups excluding carboxylic acids is 1. The fourth-order valence-corrected chi connectivity index (χ4v) is 4.34. The van der Waals surface area contributed by atoms with Crippen LogP contribution in [0.25, 0.3) is 0 Å². The number of pyridine rings is 1. The summed E-state index contributed by atoms with van der Waals surface area (Å²) in [4.78, 5) is 19.4. The number of piperidine rings is 1. The summed E-state index contributed by atoms with van der Waals surface area (Å²) in [6.45, 7) is 2.26.